The van der Waals surface area contributed by atoms with Crippen LogP contribution in [0.25, 0.3) is 5.57 Å². The second kappa shape index (κ2) is 14.4. The van der Waals surface area contributed by atoms with Crippen LogP contribution in [0, 0.1) is 0 Å². The SMILES string of the molecule is CCCOc1cncc(C(=C(Cc2cc3c(cc2OC)OCO3)C(=O)O)c2ccc(OC)cc2OCc2ccccc2C(=O)O)c1. The zero-order valence-electron chi connectivity index (χ0n) is 25.6. The van der Waals surface area contributed by atoms with Crippen molar-refractivity contribution in [3.05, 3.63) is 106 Å². The second-order valence-electron chi connectivity index (χ2n) is 10.2. The lowest BCUT2D eigenvalue weighted by molar-refractivity contribution is -0.132. The highest BCUT2D eigenvalue weighted by molar-refractivity contribution is 6.02. The first kappa shape index (κ1) is 31.7. The number of rotatable bonds is 14. The zero-order chi connectivity index (χ0) is 32.6. The van der Waals surface area contributed by atoms with Crippen molar-refractivity contribution in [1.82, 2.24) is 4.98 Å². The van der Waals surface area contributed by atoms with Gasteiger partial charge in [-0.05, 0) is 36.8 Å². The summed E-state index contributed by atoms with van der Waals surface area (Å²) in [5, 5.41) is 20.5. The molecule has 2 N–H and O–H groups in total. The number of hydrogen-bond acceptors (Lipinski definition) is 9. The van der Waals surface area contributed by atoms with Crippen molar-refractivity contribution in [1.29, 1.82) is 0 Å². The minimum Gasteiger partial charge on any atom is -0.497 e. The molecule has 0 atom stereocenters. The van der Waals surface area contributed by atoms with Gasteiger partial charge < -0.3 is 38.6 Å². The third kappa shape index (κ3) is 6.99. The molecular formula is C35H33NO10. The van der Waals surface area contributed by atoms with Gasteiger partial charge in [-0.15, -0.1) is 0 Å². The fourth-order valence-electron chi connectivity index (χ4n) is 5.07. The Labute approximate surface area is 265 Å². The van der Waals surface area contributed by atoms with E-state index in [-0.39, 0.29) is 36.7 Å². The number of aromatic carboxylic acids is 1. The van der Waals surface area contributed by atoms with Crippen molar-refractivity contribution >= 4 is 17.5 Å². The summed E-state index contributed by atoms with van der Waals surface area (Å²) in [4.78, 5) is 29.4. The van der Waals surface area contributed by atoms with Crippen LogP contribution < -0.4 is 28.4 Å². The highest BCUT2D eigenvalue weighted by Gasteiger charge is 2.26. The lowest BCUT2D eigenvalue weighted by atomic mass is 9.89. The molecule has 0 amide bonds. The van der Waals surface area contributed by atoms with Gasteiger partial charge in [0.25, 0.3) is 0 Å². The van der Waals surface area contributed by atoms with E-state index in [4.69, 9.17) is 28.4 Å². The summed E-state index contributed by atoms with van der Waals surface area (Å²) in [6.07, 6.45) is 3.82. The van der Waals surface area contributed by atoms with Crippen molar-refractivity contribution in [2.75, 3.05) is 27.6 Å². The van der Waals surface area contributed by atoms with Gasteiger partial charge in [0.2, 0.25) is 6.79 Å². The van der Waals surface area contributed by atoms with Crippen molar-refractivity contribution in [2.24, 2.45) is 0 Å². The van der Waals surface area contributed by atoms with E-state index >= 15 is 0 Å². The molecule has 0 aliphatic carbocycles. The fraction of sp³-hybridized carbons (Fsp3) is 0.229. The number of aromatic nitrogens is 1. The Balaban J connectivity index is 1.70. The quantitative estimate of drug-likeness (QED) is 0.158. The molecule has 0 saturated heterocycles. The van der Waals surface area contributed by atoms with Gasteiger partial charge in [-0.2, -0.15) is 0 Å². The van der Waals surface area contributed by atoms with Crippen LogP contribution in [-0.4, -0.2) is 54.8 Å². The topological polar surface area (TPSA) is 143 Å². The van der Waals surface area contributed by atoms with Crippen LogP contribution in [0.4, 0.5) is 0 Å². The first-order valence-electron chi connectivity index (χ1n) is 14.5. The van der Waals surface area contributed by atoms with Crippen molar-refractivity contribution in [3.8, 4) is 34.5 Å². The molecule has 1 aliphatic heterocycles. The third-order valence-corrected chi connectivity index (χ3v) is 7.27. The number of nitrogens with zero attached hydrogens (tertiary/aromatic N) is 1. The van der Waals surface area contributed by atoms with Crippen LogP contribution in [0.1, 0.15) is 46.0 Å². The Morgan fingerprint density at radius 3 is 2.33 bits per heavy atom. The van der Waals surface area contributed by atoms with Gasteiger partial charge in [-0.25, -0.2) is 9.59 Å². The van der Waals surface area contributed by atoms with Gasteiger partial charge in [0.15, 0.2) is 11.5 Å². The smallest absolute Gasteiger partial charge is 0.336 e. The number of ether oxygens (including phenoxy) is 6. The molecule has 2 heterocycles. The molecule has 4 aromatic rings. The lowest BCUT2D eigenvalue weighted by Gasteiger charge is -2.20. The molecule has 238 valence electrons. The van der Waals surface area contributed by atoms with Crippen LogP contribution >= 0.6 is 0 Å². The number of hydrogen-bond donors (Lipinski definition) is 2. The largest absolute Gasteiger partial charge is 0.497 e. The van der Waals surface area contributed by atoms with Crippen molar-refractivity contribution < 1.29 is 48.2 Å². The summed E-state index contributed by atoms with van der Waals surface area (Å²) in [6.45, 7) is 2.37. The first-order valence-corrected chi connectivity index (χ1v) is 14.5. The summed E-state index contributed by atoms with van der Waals surface area (Å²) in [7, 11) is 3.00. The van der Waals surface area contributed by atoms with E-state index in [0.717, 1.165) is 6.42 Å². The van der Waals surface area contributed by atoms with Crippen LogP contribution in [0.5, 0.6) is 34.5 Å². The molecule has 3 aromatic carbocycles. The summed E-state index contributed by atoms with van der Waals surface area (Å²) in [5.74, 6) is 0.316. The number of fused-ring (bicyclic) bond motifs is 1. The van der Waals surface area contributed by atoms with E-state index in [9.17, 15) is 19.8 Å². The summed E-state index contributed by atoms with van der Waals surface area (Å²) in [5.41, 5.74) is 2.29. The average molecular weight is 628 g/mol. The zero-order valence-corrected chi connectivity index (χ0v) is 25.6. The predicted molar refractivity (Wildman–Crippen MR) is 167 cm³/mol. The van der Waals surface area contributed by atoms with E-state index in [0.29, 0.717) is 63.2 Å². The number of carbonyl (C=O) groups is 2. The molecule has 11 heteroatoms. The molecule has 0 unspecified atom stereocenters. The molecule has 5 rings (SSSR count). The summed E-state index contributed by atoms with van der Waals surface area (Å²) in [6, 6.07) is 16.6. The molecule has 0 radical (unpaired) electrons. The monoisotopic (exact) mass is 627 g/mol. The molecule has 0 bridgehead atoms. The number of methoxy groups -OCH3 is 2. The van der Waals surface area contributed by atoms with Crippen LogP contribution in [-0.2, 0) is 17.8 Å². The van der Waals surface area contributed by atoms with Crippen molar-refractivity contribution in [2.45, 2.75) is 26.4 Å². The molecule has 1 aromatic heterocycles. The number of aliphatic carboxylic acids is 1. The van der Waals surface area contributed by atoms with E-state index in [2.05, 4.69) is 4.98 Å². The minimum absolute atomic E-state index is 0.00700. The molecule has 1 aliphatic rings. The summed E-state index contributed by atoms with van der Waals surface area (Å²) < 4.78 is 34.2. The number of carboxylic acids is 2. The van der Waals surface area contributed by atoms with Gasteiger partial charge in [-0.1, -0.05) is 25.1 Å². The van der Waals surface area contributed by atoms with Crippen LogP contribution in [0.3, 0.4) is 0 Å². The van der Waals surface area contributed by atoms with E-state index in [1.807, 2.05) is 6.92 Å². The molecule has 46 heavy (non-hydrogen) atoms. The lowest BCUT2D eigenvalue weighted by Crippen LogP contribution is -2.11. The Morgan fingerprint density at radius 2 is 1.61 bits per heavy atom. The minimum atomic E-state index is -1.19. The Morgan fingerprint density at radius 1 is 0.826 bits per heavy atom. The van der Waals surface area contributed by atoms with Gasteiger partial charge in [-0.3, -0.25) is 4.98 Å². The maximum atomic E-state index is 13.2. The second-order valence-corrected chi connectivity index (χ2v) is 10.2. The Bertz CT molecular complexity index is 1780. The number of carboxylic acid groups (broad SMARTS) is 2. The molecule has 11 nitrogen and oxygen atoms in total. The molecule has 0 saturated carbocycles. The highest BCUT2D eigenvalue weighted by atomic mass is 16.7. The van der Waals surface area contributed by atoms with Crippen molar-refractivity contribution in [3.63, 3.8) is 0 Å². The fourth-order valence-corrected chi connectivity index (χ4v) is 5.07. The van der Waals surface area contributed by atoms with E-state index in [1.54, 1.807) is 67.0 Å². The van der Waals surface area contributed by atoms with Gasteiger partial charge in [0.1, 0.15) is 29.6 Å². The average Bonchev–Trinajstić information content (AvgIpc) is 3.53. The highest BCUT2D eigenvalue weighted by Crippen LogP contribution is 2.42. The predicted octanol–water partition coefficient (Wildman–Crippen LogP) is 6.02. The normalized spacial score (nSPS) is 12.2. The van der Waals surface area contributed by atoms with E-state index < -0.39 is 11.9 Å². The standard InChI is InChI=1S/C35H33NO10/c1-4-11-43-25-12-23(17-36-18-25)33(28(35(39)40)13-22-14-31-32(46-20-45-31)16-29(22)42-3)27-10-9-24(41-2)15-30(27)44-19-21-7-5-6-8-26(21)34(37)38/h5-10,12,14-18H,4,11,13,19-20H2,1-3H3,(H,37,38)(H,39,40). The Hall–Kier alpha value is -5.71. The molecular weight excluding hydrogens is 594 g/mol. The molecule has 0 fully saturated rings. The molecule has 0 spiro atoms. The van der Waals surface area contributed by atoms with Crippen LogP contribution in [0.2, 0.25) is 0 Å². The van der Waals surface area contributed by atoms with Gasteiger partial charge in [0, 0.05) is 52.6 Å². The van der Waals surface area contributed by atoms with E-state index in [1.165, 1.54) is 20.3 Å². The number of benzene rings is 3. The van der Waals surface area contributed by atoms with Gasteiger partial charge >= 0.3 is 11.9 Å². The Kier molecular flexibility index (Phi) is 9.91. The summed E-state index contributed by atoms with van der Waals surface area (Å²) >= 11 is 0. The first-order chi connectivity index (χ1) is 22.3. The third-order valence-electron chi connectivity index (χ3n) is 7.27. The van der Waals surface area contributed by atoms with Crippen LogP contribution in [0.15, 0.2) is 78.6 Å². The number of pyridine rings is 1. The maximum Gasteiger partial charge on any atom is 0.336 e. The maximum absolute atomic E-state index is 13.2. The van der Waals surface area contributed by atoms with Gasteiger partial charge in [0.05, 0.1) is 38.2 Å².